The molecule has 0 aromatic heterocycles. The van der Waals surface area contributed by atoms with Crippen LogP contribution in [0.4, 0.5) is 5.69 Å². The predicted octanol–water partition coefficient (Wildman–Crippen LogP) is 7.05. The number of carbonyl (C=O) groups excluding carboxylic acids is 2. The van der Waals surface area contributed by atoms with Crippen LogP contribution in [0, 0.1) is 11.8 Å². The topological polar surface area (TPSA) is 49.4 Å². The Balaban J connectivity index is 1.77. The number of amides is 2. The summed E-state index contributed by atoms with van der Waals surface area (Å²) in [6.45, 7) is 8.77. The summed E-state index contributed by atoms with van der Waals surface area (Å²) < 4.78 is 0. The highest BCUT2D eigenvalue weighted by Gasteiger charge is 2.41. The molecule has 0 heterocycles. The molecule has 2 aromatic carbocycles. The molecule has 3 atom stereocenters. The Morgan fingerprint density at radius 3 is 2.14 bits per heavy atom. The van der Waals surface area contributed by atoms with Crippen molar-refractivity contribution in [2.75, 3.05) is 4.90 Å². The second-order valence-electron chi connectivity index (χ2n) is 11.7. The fraction of sp³-hybridized carbons (Fsp3) is 0.500. The molecule has 36 heavy (non-hydrogen) atoms. The Kier molecular flexibility index (Phi) is 8.33. The highest BCUT2D eigenvalue weighted by molar-refractivity contribution is 6.10. The van der Waals surface area contributed by atoms with Crippen LogP contribution < -0.4 is 10.2 Å². The smallest absolute Gasteiger partial charge is 0.259 e. The molecule has 2 amide bonds. The average Bonchev–Trinajstić information content (AvgIpc) is 2.88. The van der Waals surface area contributed by atoms with Gasteiger partial charge in [-0.3, -0.25) is 14.5 Å². The minimum atomic E-state index is -0.569. The number of anilines is 1. The van der Waals surface area contributed by atoms with Crippen LogP contribution in [0.25, 0.3) is 0 Å². The lowest BCUT2D eigenvalue weighted by Gasteiger charge is -2.40. The van der Waals surface area contributed by atoms with E-state index < -0.39 is 6.04 Å². The van der Waals surface area contributed by atoms with Gasteiger partial charge in [-0.15, -0.1) is 0 Å². The lowest BCUT2D eigenvalue weighted by atomic mass is 9.77. The number of rotatable bonds is 6. The number of hydrogen-bond acceptors (Lipinski definition) is 2. The monoisotopic (exact) mass is 486 g/mol. The SMILES string of the molecule is CC1CC=CCC1C(C(=O)NC1CCCCC1)N(C(=O)c1ccccc1)c1ccc(C(C)(C)C)cc1. The average molecular weight is 487 g/mol. The summed E-state index contributed by atoms with van der Waals surface area (Å²) >= 11 is 0. The van der Waals surface area contributed by atoms with E-state index in [4.69, 9.17) is 0 Å². The van der Waals surface area contributed by atoms with Crippen molar-refractivity contribution in [2.45, 2.75) is 90.1 Å². The van der Waals surface area contributed by atoms with E-state index in [-0.39, 0.29) is 29.2 Å². The summed E-state index contributed by atoms with van der Waals surface area (Å²) in [5, 5.41) is 3.37. The van der Waals surface area contributed by atoms with Crippen molar-refractivity contribution in [3.8, 4) is 0 Å². The van der Waals surface area contributed by atoms with Crippen molar-refractivity contribution in [1.82, 2.24) is 5.32 Å². The first-order valence-corrected chi connectivity index (χ1v) is 13.7. The van der Waals surface area contributed by atoms with Gasteiger partial charge in [0.15, 0.2) is 0 Å². The van der Waals surface area contributed by atoms with Crippen molar-refractivity contribution in [3.63, 3.8) is 0 Å². The lowest BCUT2D eigenvalue weighted by molar-refractivity contribution is -0.125. The Morgan fingerprint density at radius 2 is 1.53 bits per heavy atom. The van der Waals surface area contributed by atoms with Crippen molar-refractivity contribution in [3.05, 3.63) is 77.9 Å². The number of carbonyl (C=O) groups is 2. The van der Waals surface area contributed by atoms with E-state index in [1.165, 1.54) is 12.0 Å². The molecule has 2 aliphatic carbocycles. The fourth-order valence-corrected chi connectivity index (χ4v) is 5.69. The summed E-state index contributed by atoms with van der Waals surface area (Å²) in [5.74, 6) is 0.216. The van der Waals surface area contributed by atoms with Gasteiger partial charge < -0.3 is 5.32 Å². The van der Waals surface area contributed by atoms with E-state index in [0.717, 1.165) is 44.2 Å². The quantitative estimate of drug-likeness (QED) is 0.445. The van der Waals surface area contributed by atoms with Gasteiger partial charge in [0.25, 0.3) is 5.91 Å². The van der Waals surface area contributed by atoms with Crippen LogP contribution >= 0.6 is 0 Å². The molecule has 2 aromatic rings. The van der Waals surface area contributed by atoms with Gasteiger partial charge in [0.1, 0.15) is 6.04 Å². The third-order valence-corrected chi connectivity index (χ3v) is 7.97. The molecule has 4 nitrogen and oxygen atoms in total. The lowest BCUT2D eigenvalue weighted by Crippen LogP contribution is -2.57. The second-order valence-corrected chi connectivity index (χ2v) is 11.7. The molecule has 0 saturated heterocycles. The molecule has 0 spiro atoms. The number of hydrogen-bond donors (Lipinski definition) is 1. The number of benzene rings is 2. The van der Waals surface area contributed by atoms with Gasteiger partial charge in [-0.2, -0.15) is 0 Å². The maximum Gasteiger partial charge on any atom is 0.259 e. The van der Waals surface area contributed by atoms with Crippen LogP contribution in [0.15, 0.2) is 66.7 Å². The van der Waals surface area contributed by atoms with Gasteiger partial charge >= 0.3 is 0 Å². The van der Waals surface area contributed by atoms with Gasteiger partial charge in [-0.25, -0.2) is 0 Å². The van der Waals surface area contributed by atoms with E-state index in [0.29, 0.717) is 11.5 Å². The standard InChI is InChI=1S/C32H42N2O2/c1-23-13-11-12-18-28(23)29(30(35)33-26-16-9-6-10-17-26)34(31(36)24-14-7-5-8-15-24)27-21-19-25(20-22-27)32(2,3)4/h5,7-8,11-12,14-15,19-23,26,28-29H,6,9-10,13,16-18H2,1-4H3,(H,33,35). The van der Waals surface area contributed by atoms with Crippen molar-refractivity contribution >= 4 is 17.5 Å². The minimum absolute atomic E-state index is 0.00718. The molecule has 4 rings (SSSR count). The summed E-state index contributed by atoms with van der Waals surface area (Å²) in [4.78, 5) is 30.0. The van der Waals surface area contributed by atoms with Gasteiger partial charge in [-0.05, 0) is 72.8 Å². The van der Waals surface area contributed by atoms with Gasteiger partial charge in [-0.1, -0.05) is 89.4 Å². The van der Waals surface area contributed by atoms with E-state index >= 15 is 0 Å². The molecule has 2 aliphatic rings. The van der Waals surface area contributed by atoms with Crippen LogP contribution in [0.2, 0.25) is 0 Å². The first kappa shape index (κ1) is 26.2. The molecule has 0 bridgehead atoms. The first-order chi connectivity index (χ1) is 17.3. The van der Waals surface area contributed by atoms with Crippen LogP contribution in [0.1, 0.15) is 88.6 Å². The van der Waals surface area contributed by atoms with Crippen LogP contribution in [0.3, 0.4) is 0 Å². The summed E-state index contributed by atoms with van der Waals surface area (Å²) in [7, 11) is 0. The zero-order valence-corrected chi connectivity index (χ0v) is 22.4. The summed E-state index contributed by atoms with van der Waals surface area (Å²) in [5.41, 5.74) is 2.59. The molecule has 1 N–H and O–H groups in total. The Morgan fingerprint density at radius 1 is 0.889 bits per heavy atom. The summed E-state index contributed by atoms with van der Waals surface area (Å²) in [6.07, 6.45) is 11.7. The maximum atomic E-state index is 14.1. The van der Waals surface area contributed by atoms with Crippen molar-refractivity contribution < 1.29 is 9.59 Å². The normalized spacial score (nSPS) is 21.6. The third kappa shape index (κ3) is 6.08. The van der Waals surface area contributed by atoms with E-state index in [1.54, 1.807) is 4.90 Å². The van der Waals surface area contributed by atoms with Crippen LogP contribution in [-0.2, 0) is 10.2 Å². The highest BCUT2D eigenvalue weighted by Crippen LogP contribution is 2.35. The number of nitrogens with zero attached hydrogens (tertiary/aromatic N) is 1. The minimum Gasteiger partial charge on any atom is -0.352 e. The summed E-state index contributed by atoms with van der Waals surface area (Å²) in [6, 6.07) is 17.2. The Labute approximate surface area is 217 Å². The first-order valence-electron chi connectivity index (χ1n) is 13.7. The molecular formula is C32H42N2O2. The molecule has 1 fully saturated rings. The Bertz CT molecular complexity index is 1050. The van der Waals surface area contributed by atoms with Crippen LogP contribution in [0.5, 0.6) is 0 Å². The fourth-order valence-electron chi connectivity index (χ4n) is 5.69. The second kappa shape index (κ2) is 11.5. The van der Waals surface area contributed by atoms with Gasteiger partial charge in [0.05, 0.1) is 0 Å². The third-order valence-electron chi connectivity index (χ3n) is 7.97. The van der Waals surface area contributed by atoms with Crippen LogP contribution in [-0.4, -0.2) is 23.9 Å². The van der Waals surface area contributed by atoms with Crippen molar-refractivity contribution in [1.29, 1.82) is 0 Å². The van der Waals surface area contributed by atoms with E-state index in [1.807, 2.05) is 42.5 Å². The van der Waals surface area contributed by atoms with E-state index in [9.17, 15) is 9.59 Å². The van der Waals surface area contributed by atoms with Gasteiger partial charge in [0.2, 0.25) is 5.91 Å². The molecule has 1 saturated carbocycles. The zero-order valence-electron chi connectivity index (χ0n) is 22.4. The molecular weight excluding hydrogens is 444 g/mol. The number of allylic oxidation sites excluding steroid dienone is 2. The highest BCUT2D eigenvalue weighted by atomic mass is 16.2. The number of nitrogens with one attached hydrogen (secondary N) is 1. The predicted molar refractivity (Wildman–Crippen MR) is 148 cm³/mol. The Hall–Kier alpha value is -2.88. The molecule has 0 radical (unpaired) electrons. The zero-order chi connectivity index (χ0) is 25.7. The largest absolute Gasteiger partial charge is 0.352 e. The van der Waals surface area contributed by atoms with Crippen molar-refractivity contribution in [2.24, 2.45) is 11.8 Å². The van der Waals surface area contributed by atoms with Gasteiger partial charge in [0, 0.05) is 17.3 Å². The maximum absolute atomic E-state index is 14.1. The molecule has 0 aliphatic heterocycles. The molecule has 4 heteroatoms. The van der Waals surface area contributed by atoms with E-state index in [2.05, 4.69) is 57.3 Å². The molecule has 192 valence electrons. The molecule has 3 unspecified atom stereocenters.